The molecule has 0 amide bonds. The van der Waals surface area contributed by atoms with Crippen molar-refractivity contribution < 1.29 is 4.39 Å². The first-order chi connectivity index (χ1) is 18.3. The molecule has 0 spiro atoms. The molecule has 0 saturated carbocycles. The number of aromatic nitrogens is 3. The lowest BCUT2D eigenvalue weighted by atomic mass is 9.79. The summed E-state index contributed by atoms with van der Waals surface area (Å²) in [6.45, 7) is 8.85. The summed E-state index contributed by atoms with van der Waals surface area (Å²) in [5, 5.41) is 2.31. The van der Waals surface area contributed by atoms with E-state index in [1.165, 1.54) is 23.3 Å². The second-order valence-corrected chi connectivity index (χ2v) is 11.0. The Balaban J connectivity index is 1.62. The Morgan fingerprint density at radius 2 is 1.05 bits per heavy atom. The molecule has 0 aliphatic heterocycles. The maximum atomic E-state index is 13.8. The molecule has 0 saturated heterocycles. The van der Waals surface area contributed by atoms with Crippen molar-refractivity contribution in [3.05, 3.63) is 138 Å². The van der Waals surface area contributed by atoms with Gasteiger partial charge >= 0.3 is 0 Å². The van der Waals surface area contributed by atoms with E-state index in [4.69, 9.17) is 0 Å². The molecule has 38 heavy (non-hydrogen) atoms. The molecule has 6 aromatic rings. The van der Waals surface area contributed by atoms with E-state index in [0.717, 1.165) is 38.9 Å². The third-order valence-electron chi connectivity index (χ3n) is 7.90. The van der Waals surface area contributed by atoms with E-state index in [-0.39, 0.29) is 16.6 Å². The highest BCUT2D eigenvalue weighted by molar-refractivity contribution is 6.10. The summed E-state index contributed by atoms with van der Waals surface area (Å²) in [4.78, 5) is 9.33. The minimum absolute atomic E-state index is 0.242. The molecular weight excluding hydrogens is 469 g/mol. The van der Waals surface area contributed by atoms with Crippen LogP contribution in [0.5, 0.6) is 0 Å². The SMILES string of the molecule is CC(C)(c1ccc2c(c1)c1cc(C(C)(C)c3ccccn3)ccc1n2-c1ccc(F)cc1)c1ccccn1. The summed E-state index contributed by atoms with van der Waals surface area (Å²) in [7, 11) is 0. The molecule has 3 nitrogen and oxygen atoms in total. The molecule has 3 heterocycles. The number of rotatable bonds is 5. The van der Waals surface area contributed by atoms with E-state index in [9.17, 15) is 4.39 Å². The van der Waals surface area contributed by atoms with Crippen LogP contribution in [-0.4, -0.2) is 14.5 Å². The smallest absolute Gasteiger partial charge is 0.123 e. The van der Waals surface area contributed by atoms with Crippen molar-refractivity contribution >= 4 is 21.8 Å². The number of halogens is 1. The van der Waals surface area contributed by atoms with Gasteiger partial charge in [0.05, 0.1) is 22.4 Å². The molecule has 0 bridgehead atoms. The molecule has 188 valence electrons. The lowest BCUT2D eigenvalue weighted by Gasteiger charge is -2.25. The number of fused-ring (bicyclic) bond motifs is 3. The largest absolute Gasteiger partial charge is 0.309 e. The maximum absolute atomic E-state index is 13.8. The van der Waals surface area contributed by atoms with Crippen LogP contribution in [0.3, 0.4) is 0 Å². The van der Waals surface area contributed by atoms with Crippen molar-refractivity contribution in [1.82, 2.24) is 14.5 Å². The van der Waals surface area contributed by atoms with E-state index in [1.54, 1.807) is 0 Å². The molecule has 0 aliphatic rings. The van der Waals surface area contributed by atoms with Crippen LogP contribution < -0.4 is 0 Å². The van der Waals surface area contributed by atoms with Gasteiger partial charge in [-0.15, -0.1) is 0 Å². The van der Waals surface area contributed by atoms with Gasteiger partial charge in [-0.1, -0.05) is 52.0 Å². The van der Waals surface area contributed by atoms with Gasteiger partial charge in [0.1, 0.15) is 5.82 Å². The number of benzene rings is 3. The van der Waals surface area contributed by atoms with Crippen LogP contribution in [0.25, 0.3) is 27.5 Å². The maximum Gasteiger partial charge on any atom is 0.123 e. The van der Waals surface area contributed by atoms with Crippen LogP contribution in [-0.2, 0) is 10.8 Å². The van der Waals surface area contributed by atoms with Gasteiger partial charge in [-0.25, -0.2) is 4.39 Å². The van der Waals surface area contributed by atoms with Gasteiger partial charge in [0.2, 0.25) is 0 Å². The average molecular weight is 500 g/mol. The van der Waals surface area contributed by atoms with Crippen LogP contribution in [0.2, 0.25) is 0 Å². The lowest BCUT2D eigenvalue weighted by Crippen LogP contribution is -2.20. The normalized spacial score (nSPS) is 12.3. The number of hydrogen-bond donors (Lipinski definition) is 0. The summed E-state index contributed by atoms with van der Waals surface area (Å²) in [5.74, 6) is -0.242. The van der Waals surface area contributed by atoms with Gasteiger partial charge in [-0.3, -0.25) is 9.97 Å². The van der Waals surface area contributed by atoms with Gasteiger partial charge in [0.15, 0.2) is 0 Å². The Labute approximate surface area is 222 Å². The third kappa shape index (κ3) is 3.88. The highest BCUT2D eigenvalue weighted by Gasteiger charge is 2.28. The van der Waals surface area contributed by atoms with E-state index in [1.807, 2.05) is 48.8 Å². The molecular formula is C34H30FN3. The second kappa shape index (κ2) is 8.91. The Hall–Kier alpha value is -4.31. The molecule has 6 rings (SSSR count). The zero-order valence-corrected chi connectivity index (χ0v) is 22.1. The van der Waals surface area contributed by atoms with Gasteiger partial charge in [0, 0.05) is 39.7 Å². The Bertz CT molecular complexity index is 1640. The minimum atomic E-state index is -0.273. The predicted octanol–water partition coefficient (Wildman–Crippen LogP) is 8.36. The fourth-order valence-electron chi connectivity index (χ4n) is 5.43. The van der Waals surface area contributed by atoms with Crippen molar-refractivity contribution in [2.24, 2.45) is 0 Å². The third-order valence-corrected chi connectivity index (χ3v) is 7.90. The Morgan fingerprint density at radius 1 is 0.579 bits per heavy atom. The van der Waals surface area contributed by atoms with Crippen molar-refractivity contribution in [2.45, 2.75) is 38.5 Å². The van der Waals surface area contributed by atoms with Crippen LogP contribution in [0.4, 0.5) is 4.39 Å². The van der Waals surface area contributed by atoms with E-state index in [2.05, 4.69) is 90.8 Å². The Morgan fingerprint density at radius 3 is 1.47 bits per heavy atom. The minimum Gasteiger partial charge on any atom is -0.309 e. The molecule has 0 N–H and O–H groups in total. The number of hydrogen-bond acceptors (Lipinski definition) is 2. The zero-order chi connectivity index (χ0) is 26.5. The first kappa shape index (κ1) is 24.1. The van der Waals surface area contributed by atoms with Gasteiger partial charge in [-0.05, 0) is 83.9 Å². The highest BCUT2D eigenvalue weighted by Crippen LogP contribution is 2.40. The van der Waals surface area contributed by atoms with Gasteiger partial charge in [-0.2, -0.15) is 0 Å². The monoisotopic (exact) mass is 499 g/mol. The molecule has 0 radical (unpaired) electrons. The second-order valence-electron chi connectivity index (χ2n) is 11.0. The molecule has 4 heteroatoms. The summed E-state index contributed by atoms with van der Waals surface area (Å²) < 4.78 is 16.0. The molecule has 0 fully saturated rings. The highest BCUT2D eigenvalue weighted by atomic mass is 19.1. The van der Waals surface area contributed by atoms with Gasteiger partial charge in [0.25, 0.3) is 0 Å². The molecule has 0 unspecified atom stereocenters. The topological polar surface area (TPSA) is 30.7 Å². The molecule has 3 aromatic heterocycles. The van der Waals surface area contributed by atoms with Crippen LogP contribution >= 0.6 is 0 Å². The van der Waals surface area contributed by atoms with E-state index in [0.29, 0.717) is 0 Å². The van der Waals surface area contributed by atoms with Crippen LogP contribution in [0.15, 0.2) is 109 Å². The van der Waals surface area contributed by atoms with Crippen molar-refractivity contribution in [3.8, 4) is 5.69 Å². The van der Waals surface area contributed by atoms with Crippen LogP contribution in [0.1, 0.15) is 50.2 Å². The summed E-state index contributed by atoms with van der Waals surface area (Å²) in [5.41, 5.74) is 6.99. The van der Waals surface area contributed by atoms with Crippen LogP contribution in [0, 0.1) is 5.82 Å². The molecule has 0 atom stereocenters. The summed E-state index contributed by atoms with van der Waals surface area (Å²) in [6.07, 6.45) is 3.70. The van der Waals surface area contributed by atoms with Crippen molar-refractivity contribution in [3.63, 3.8) is 0 Å². The quantitative estimate of drug-likeness (QED) is 0.239. The molecule has 3 aromatic carbocycles. The fourth-order valence-corrected chi connectivity index (χ4v) is 5.43. The van der Waals surface area contributed by atoms with Gasteiger partial charge < -0.3 is 4.57 Å². The number of nitrogens with zero attached hydrogens (tertiary/aromatic N) is 3. The summed E-state index contributed by atoms with van der Waals surface area (Å²) in [6, 6.07) is 32.2. The predicted molar refractivity (Wildman–Crippen MR) is 153 cm³/mol. The number of pyridine rings is 2. The van der Waals surface area contributed by atoms with Crippen molar-refractivity contribution in [2.75, 3.05) is 0 Å². The lowest BCUT2D eigenvalue weighted by molar-refractivity contribution is 0.617. The Kier molecular flexibility index (Phi) is 5.64. The van der Waals surface area contributed by atoms with E-state index >= 15 is 0 Å². The average Bonchev–Trinajstić information content (AvgIpc) is 3.27. The van der Waals surface area contributed by atoms with Crippen molar-refractivity contribution in [1.29, 1.82) is 0 Å². The van der Waals surface area contributed by atoms with E-state index < -0.39 is 0 Å². The summed E-state index contributed by atoms with van der Waals surface area (Å²) >= 11 is 0. The fraction of sp³-hybridized carbons (Fsp3) is 0.176. The first-order valence-electron chi connectivity index (χ1n) is 12.9. The first-order valence-corrected chi connectivity index (χ1v) is 12.9. The molecule has 0 aliphatic carbocycles. The zero-order valence-electron chi connectivity index (χ0n) is 22.1. The standard InChI is InChI=1S/C34H30FN3/c1-33(2,31-9-5-7-19-36-31)23-11-17-29-27(21-23)28-22-24(34(3,4)32-10-6-8-20-37-32)12-18-30(28)38(29)26-15-13-25(35)14-16-26/h5-22H,1-4H3.